The average molecular weight is 284 g/mol. The quantitative estimate of drug-likeness (QED) is 0.882. The molecule has 5 nitrogen and oxygen atoms in total. The molecule has 108 valence electrons. The summed E-state index contributed by atoms with van der Waals surface area (Å²) in [7, 11) is 0. The summed E-state index contributed by atoms with van der Waals surface area (Å²) < 4.78 is 0. The van der Waals surface area contributed by atoms with Crippen molar-refractivity contribution in [3.8, 4) is 0 Å². The number of carbonyl (C=O) groups is 2. The van der Waals surface area contributed by atoms with Crippen LogP contribution in [0, 0.1) is 0 Å². The van der Waals surface area contributed by atoms with Crippen molar-refractivity contribution in [3.05, 3.63) is 65.0 Å². The molecule has 1 heterocycles. The zero-order valence-corrected chi connectivity index (χ0v) is 11.7. The van der Waals surface area contributed by atoms with E-state index in [1.54, 1.807) is 12.1 Å². The third kappa shape index (κ3) is 3.89. The Morgan fingerprint density at radius 2 is 1.86 bits per heavy atom. The molecule has 0 radical (unpaired) electrons. The minimum absolute atomic E-state index is 0.154. The summed E-state index contributed by atoms with van der Waals surface area (Å²) in [6.07, 6.45) is 2.34. The van der Waals surface area contributed by atoms with Gasteiger partial charge in [0.2, 0.25) is 0 Å². The number of aryl methyl sites for hydroxylation is 1. The normalized spacial score (nSPS) is 10.1. The number of hydrogen-bond acceptors (Lipinski definition) is 3. The number of carbonyl (C=O) groups excluding carboxylic acids is 1. The molecule has 2 aromatic rings. The van der Waals surface area contributed by atoms with Gasteiger partial charge in [0.15, 0.2) is 0 Å². The Morgan fingerprint density at radius 3 is 2.48 bits per heavy atom. The van der Waals surface area contributed by atoms with Crippen LogP contribution in [-0.4, -0.2) is 22.0 Å². The molecule has 1 aromatic carbocycles. The van der Waals surface area contributed by atoms with E-state index in [2.05, 4.69) is 17.2 Å². The summed E-state index contributed by atoms with van der Waals surface area (Å²) in [5, 5.41) is 11.6. The lowest BCUT2D eigenvalue weighted by Gasteiger charge is -2.06. The number of carboxylic acids is 1. The van der Waals surface area contributed by atoms with E-state index in [1.165, 1.54) is 23.9 Å². The Morgan fingerprint density at radius 1 is 1.14 bits per heavy atom. The van der Waals surface area contributed by atoms with Crippen LogP contribution in [0.25, 0.3) is 0 Å². The van der Waals surface area contributed by atoms with Crippen molar-refractivity contribution in [2.24, 2.45) is 0 Å². The summed E-state index contributed by atoms with van der Waals surface area (Å²) >= 11 is 0. The summed E-state index contributed by atoms with van der Waals surface area (Å²) in [6.45, 7) is 2.24. The van der Waals surface area contributed by atoms with Crippen LogP contribution in [0.15, 0.2) is 42.6 Å². The van der Waals surface area contributed by atoms with E-state index in [1.807, 2.05) is 12.1 Å². The first-order chi connectivity index (χ1) is 10.1. The molecule has 0 aliphatic carbocycles. The number of pyridine rings is 1. The Kier molecular flexibility index (Phi) is 4.66. The van der Waals surface area contributed by atoms with E-state index in [-0.39, 0.29) is 18.0 Å². The highest BCUT2D eigenvalue weighted by molar-refractivity contribution is 5.94. The molecular formula is C16H16N2O3. The van der Waals surface area contributed by atoms with Crippen molar-refractivity contribution >= 4 is 11.9 Å². The Bertz CT molecular complexity index is 651. The van der Waals surface area contributed by atoms with E-state index in [0.29, 0.717) is 11.3 Å². The fourth-order valence-corrected chi connectivity index (χ4v) is 1.87. The molecule has 0 saturated carbocycles. The van der Waals surface area contributed by atoms with Crippen LogP contribution < -0.4 is 5.32 Å². The van der Waals surface area contributed by atoms with Gasteiger partial charge in [-0.3, -0.25) is 9.78 Å². The minimum Gasteiger partial charge on any atom is -0.478 e. The first kappa shape index (κ1) is 14.7. The van der Waals surface area contributed by atoms with Gasteiger partial charge in [-0.1, -0.05) is 19.1 Å². The zero-order valence-electron chi connectivity index (χ0n) is 11.7. The molecule has 1 amide bonds. The molecule has 2 N–H and O–H groups in total. The molecule has 0 fully saturated rings. The number of aromatic carboxylic acids is 1. The first-order valence-electron chi connectivity index (χ1n) is 6.65. The van der Waals surface area contributed by atoms with Crippen molar-refractivity contribution in [2.75, 3.05) is 0 Å². The summed E-state index contributed by atoms with van der Waals surface area (Å²) in [5.74, 6) is -1.22. The molecule has 0 aliphatic rings. The number of carboxylic acid groups (broad SMARTS) is 1. The van der Waals surface area contributed by atoms with Crippen molar-refractivity contribution in [3.63, 3.8) is 0 Å². The van der Waals surface area contributed by atoms with E-state index < -0.39 is 5.97 Å². The zero-order chi connectivity index (χ0) is 15.2. The molecule has 0 spiro atoms. The summed E-state index contributed by atoms with van der Waals surface area (Å²) in [5.41, 5.74) is 2.40. The largest absolute Gasteiger partial charge is 0.478 e. The monoisotopic (exact) mass is 284 g/mol. The maximum atomic E-state index is 12.0. The first-order valence-corrected chi connectivity index (χ1v) is 6.65. The number of nitrogens with zero attached hydrogens (tertiary/aromatic N) is 1. The predicted molar refractivity (Wildman–Crippen MR) is 78.2 cm³/mol. The van der Waals surface area contributed by atoms with Gasteiger partial charge in [-0.05, 0) is 36.2 Å². The van der Waals surface area contributed by atoms with Gasteiger partial charge in [-0.15, -0.1) is 0 Å². The van der Waals surface area contributed by atoms with Crippen LogP contribution in [0.2, 0.25) is 0 Å². The van der Waals surface area contributed by atoms with Crippen molar-refractivity contribution in [1.82, 2.24) is 10.3 Å². The molecule has 5 heteroatoms. The number of hydrogen-bond donors (Lipinski definition) is 2. The molecule has 0 unspecified atom stereocenters. The average Bonchev–Trinajstić information content (AvgIpc) is 2.53. The predicted octanol–water partition coefficient (Wildman–Crippen LogP) is 2.27. The Labute approximate surface area is 122 Å². The molecule has 21 heavy (non-hydrogen) atoms. The van der Waals surface area contributed by atoms with Crippen molar-refractivity contribution in [2.45, 2.75) is 19.9 Å². The second kappa shape index (κ2) is 6.65. The van der Waals surface area contributed by atoms with Gasteiger partial charge in [0.25, 0.3) is 5.91 Å². The van der Waals surface area contributed by atoms with Crippen LogP contribution >= 0.6 is 0 Å². The van der Waals surface area contributed by atoms with Crippen LogP contribution in [0.4, 0.5) is 0 Å². The van der Waals surface area contributed by atoms with Crippen molar-refractivity contribution in [1.29, 1.82) is 0 Å². The highest BCUT2D eigenvalue weighted by atomic mass is 16.4. The molecule has 0 atom stereocenters. The van der Waals surface area contributed by atoms with E-state index in [0.717, 1.165) is 6.42 Å². The SMILES string of the molecule is CCc1ccc(C(=O)NCc2cc(C(=O)O)ccn2)cc1. The molecule has 1 aromatic heterocycles. The topological polar surface area (TPSA) is 79.3 Å². The van der Waals surface area contributed by atoms with Gasteiger partial charge >= 0.3 is 5.97 Å². The third-order valence-corrected chi connectivity index (χ3v) is 3.12. The molecule has 0 saturated heterocycles. The van der Waals surface area contributed by atoms with Gasteiger partial charge in [0, 0.05) is 11.8 Å². The lowest BCUT2D eigenvalue weighted by atomic mass is 10.1. The maximum absolute atomic E-state index is 12.0. The minimum atomic E-state index is -1.01. The van der Waals surface area contributed by atoms with Gasteiger partial charge < -0.3 is 10.4 Å². The van der Waals surface area contributed by atoms with E-state index >= 15 is 0 Å². The maximum Gasteiger partial charge on any atom is 0.335 e. The fourth-order valence-electron chi connectivity index (χ4n) is 1.87. The molecule has 0 aliphatic heterocycles. The fraction of sp³-hybridized carbons (Fsp3) is 0.188. The Balaban J connectivity index is 2.00. The van der Waals surface area contributed by atoms with Crippen LogP contribution in [0.1, 0.15) is 38.9 Å². The van der Waals surface area contributed by atoms with Crippen LogP contribution in [0.3, 0.4) is 0 Å². The lowest BCUT2D eigenvalue weighted by Crippen LogP contribution is -2.23. The van der Waals surface area contributed by atoms with Gasteiger partial charge in [-0.25, -0.2) is 4.79 Å². The summed E-state index contributed by atoms with van der Waals surface area (Å²) in [4.78, 5) is 26.9. The second-order valence-electron chi connectivity index (χ2n) is 4.57. The molecule has 2 rings (SSSR count). The van der Waals surface area contributed by atoms with Gasteiger partial charge in [0.1, 0.15) is 0 Å². The number of nitrogens with one attached hydrogen (secondary N) is 1. The third-order valence-electron chi connectivity index (χ3n) is 3.12. The number of benzene rings is 1. The summed E-state index contributed by atoms with van der Waals surface area (Å²) in [6, 6.07) is 10.2. The standard InChI is InChI=1S/C16H16N2O3/c1-2-11-3-5-12(6-4-11)15(19)18-10-14-9-13(16(20)21)7-8-17-14/h3-9H,2,10H2,1H3,(H,18,19)(H,20,21). The second-order valence-corrected chi connectivity index (χ2v) is 4.57. The number of rotatable bonds is 5. The molecule has 0 bridgehead atoms. The van der Waals surface area contributed by atoms with Crippen LogP contribution in [0.5, 0.6) is 0 Å². The highest BCUT2D eigenvalue weighted by Crippen LogP contribution is 2.06. The molecular weight excluding hydrogens is 268 g/mol. The number of aromatic nitrogens is 1. The van der Waals surface area contributed by atoms with E-state index in [9.17, 15) is 9.59 Å². The van der Waals surface area contributed by atoms with Gasteiger partial charge in [0.05, 0.1) is 17.8 Å². The Hall–Kier alpha value is -2.69. The highest BCUT2D eigenvalue weighted by Gasteiger charge is 2.07. The van der Waals surface area contributed by atoms with E-state index in [4.69, 9.17) is 5.11 Å². The lowest BCUT2D eigenvalue weighted by molar-refractivity contribution is 0.0696. The number of amides is 1. The smallest absolute Gasteiger partial charge is 0.335 e. The van der Waals surface area contributed by atoms with Gasteiger partial charge in [-0.2, -0.15) is 0 Å². The van der Waals surface area contributed by atoms with Crippen LogP contribution in [-0.2, 0) is 13.0 Å². The van der Waals surface area contributed by atoms with Crippen molar-refractivity contribution < 1.29 is 14.7 Å².